The van der Waals surface area contributed by atoms with Crippen LogP contribution in [0.2, 0.25) is 5.15 Å². The summed E-state index contributed by atoms with van der Waals surface area (Å²) in [5.41, 5.74) is 0.738. The number of carbonyl (C=O) groups is 1. The molecule has 1 aromatic heterocycles. The first kappa shape index (κ1) is 15.7. The predicted octanol–water partition coefficient (Wildman–Crippen LogP) is 2.72. The minimum Gasteiger partial charge on any atom is -0.394 e. The topological polar surface area (TPSA) is 74.2 Å². The van der Waals surface area contributed by atoms with Crippen molar-refractivity contribution in [3.63, 3.8) is 0 Å². The lowest BCUT2D eigenvalue weighted by Crippen LogP contribution is -2.50. The van der Waals surface area contributed by atoms with Crippen molar-refractivity contribution < 1.29 is 9.90 Å². The third-order valence-electron chi connectivity index (χ3n) is 2.84. The second-order valence-corrected chi connectivity index (χ2v) is 5.24. The molecule has 0 saturated carbocycles. The van der Waals surface area contributed by atoms with Crippen LogP contribution in [0.1, 0.15) is 32.3 Å². The number of aromatic nitrogens is 1. The van der Waals surface area contributed by atoms with Crippen LogP contribution in [0, 0.1) is 6.92 Å². The average Bonchev–Trinajstić information content (AvgIpc) is 2.34. The number of urea groups is 1. The molecule has 0 aromatic carbocycles. The smallest absolute Gasteiger partial charge is 0.319 e. The van der Waals surface area contributed by atoms with Crippen molar-refractivity contribution in [2.75, 3.05) is 11.9 Å². The van der Waals surface area contributed by atoms with Gasteiger partial charge in [-0.05, 0) is 31.9 Å². The van der Waals surface area contributed by atoms with Gasteiger partial charge in [0, 0.05) is 0 Å². The first-order valence-corrected chi connectivity index (χ1v) is 6.60. The molecule has 0 bridgehead atoms. The van der Waals surface area contributed by atoms with E-state index in [4.69, 9.17) is 11.6 Å². The molecule has 6 heteroatoms. The highest BCUT2D eigenvalue weighted by molar-refractivity contribution is 6.30. The number of hydrogen-bond donors (Lipinski definition) is 3. The third kappa shape index (κ3) is 4.69. The van der Waals surface area contributed by atoms with Crippen molar-refractivity contribution in [1.29, 1.82) is 0 Å². The number of aryl methyl sites for hydroxylation is 1. The van der Waals surface area contributed by atoms with E-state index in [1.54, 1.807) is 13.0 Å². The van der Waals surface area contributed by atoms with Crippen molar-refractivity contribution in [2.45, 2.75) is 39.2 Å². The van der Waals surface area contributed by atoms with Crippen molar-refractivity contribution in [3.05, 3.63) is 23.0 Å². The maximum Gasteiger partial charge on any atom is 0.319 e. The highest BCUT2D eigenvalue weighted by Crippen LogP contribution is 2.16. The Morgan fingerprint density at radius 2 is 2.26 bits per heavy atom. The number of aliphatic hydroxyl groups excluding tert-OH is 1. The molecule has 1 aromatic rings. The lowest BCUT2D eigenvalue weighted by Gasteiger charge is -2.28. The summed E-state index contributed by atoms with van der Waals surface area (Å²) in [5.74, 6) is 0. The molecule has 5 nitrogen and oxygen atoms in total. The molecule has 0 aliphatic carbocycles. The van der Waals surface area contributed by atoms with Gasteiger partial charge in [0.25, 0.3) is 0 Å². The van der Waals surface area contributed by atoms with E-state index in [1.807, 2.05) is 13.8 Å². The number of aliphatic hydroxyl groups is 1. The molecular weight excluding hydrogens is 266 g/mol. The van der Waals surface area contributed by atoms with E-state index in [9.17, 15) is 9.90 Å². The van der Waals surface area contributed by atoms with Gasteiger partial charge in [0.1, 0.15) is 5.15 Å². The average molecular weight is 286 g/mol. The summed E-state index contributed by atoms with van der Waals surface area (Å²) in [6.45, 7) is 5.51. The summed E-state index contributed by atoms with van der Waals surface area (Å²) >= 11 is 5.81. The lowest BCUT2D eigenvalue weighted by atomic mass is 9.98. The standard InChI is InChI=1S/C13H20ClN3O2/c1-4-5-13(3,8-18)17-12(19)16-10-6-9(2)11(14)15-7-10/h6-7,18H,4-5,8H2,1-3H3,(H2,16,17,19). The highest BCUT2D eigenvalue weighted by Gasteiger charge is 2.24. The number of carbonyl (C=O) groups excluding carboxylic acids is 1. The molecule has 1 heterocycles. The van der Waals surface area contributed by atoms with E-state index in [2.05, 4.69) is 15.6 Å². The van der Waals surface area contributed by atoms with E-state index >= 15 is 0 Å². The summed E-state index contributed by atoms with van der Waals surface area (Å²) in [7, 11) is 0. The van der Waals surface area contributed by atoms with Crippen LogP contribution in [0.15, 0.2) is 12.3 Å². The predicted molar refractivity (Wildman–Crippen MR) is 76.5 cm³/mol. The molecule has 106 valence electrons. The summed E-state index contributed by atoms with van der Waals surface area (Å²) in [4.78, 5) is 15.8. The van der Waals surface area contributed by atoms with E-state index in [0.29, 0.717) is 17.3 Å². The van der Waals surface area contributed by atoms with Crippen molar-refractivity contribution in [2.24, 2.45) is 0 Å². The van der Waals surface area contributed by atoms with Gasteiger partial charge in [-0.1, -0.05) is 24.9 Å². The summed E-state index contributed by atoms with van der Waals surface area (Å²) in [6, 6.07) is 1.37. The number of pyridine rings is 1. The highest BCUT2D eigenvalue weighted by atomic mass is 35.5. The summed E-state index contributed by atoms with van der Waals surface area (Å²) in [6.07, 6.45) is 3.07. The first-order chi connectivity index (χ1) is 8.90. The van der Waals surface area contributed by atoms with Gasteiger partial charge in [0.05, 0.1) is 24.0 Å². The molecule has 0 aliphatic rings. The zero-order valence-corrected chi connectivity index (χ0v) is 12.2. The van der Waals surface area contributed by atoms with E-state index in [-0.39, 0.29) is 12.6 Å². The van der Waals surface area contributed by atoms with E-state index in [1.165, 1.54) is 6.20 Å². The van der Waals surface area contributed by atoms with Gasteiger partial charge in [-0.15, -0.1) is 0 Å². The Hall–Kier alpha value is -1.33. The fourth-order valence-electron chi connectivity index (χ4n) is 1.80. The van der Waals surface area contributed by atoms with Crippen LogP contribution < -0.4 is 10.6 Å². The Labute approximate surface area is 118 Å². The van der Waals surface area contributed by atoms with Gasteiger partial charge in [0.2, 0.25) is 0 Å². The van der Waals surface area contributed by atoms with Crippen LogP contribution in [-0.2, 0) is 0 Å². The van der Waals surface area contributed by atoms with Gasteiger partial charge < -0.3 is 15.7 Å². The molecule has 19 heavy (non-hydrogen) atoms. The SMILES string of the molecule is CCCC(C)(CO)NC(=O)Nc1cnc(Cl)c(C)c1. The van der Waals surface area contributed by atoms with Gasteiger partial charge in [-0.2, -0.15) is 0 Å². The Kier molecular flexibility index (Phi) is 5.57. The number of anilines is 1. The maximum atomic E-state index is 11.9. The molecule has 0 aliphatic heterocycles. The van der Waals surface area contributed by atoms with Crippen molar-refractivity contribution in [3.8, 4) is 0 Å². The minimum absolute atomic E-state index is 0.105. The molecular formula is C13H20ClN3O2. The third-order valence-corrected chi connectivity index (χ3v) is 3.23. The van der Waals surface area contributed by atoms with E-state index < -0.39 is 5.54 Å². The molecule has 1 atom stereocenters. The van der Waals surface area contributed by atoms with Gasteiger partial charge in [-0.3, -0.25) is 0 Å². The molecule has 0 fully saturated rings. The first-order valence-electron chi connectivity index (χ1n) is 6.22. The van der Waals surface area contributed by atoms with Gasteiger partial charge >= 0.3 is 6.03 Å². The molecule has 1 rings (SSSR count). The fourth-order valence-corrected chi connectivity index (χ4v) is 1.90. The number of nitrogens with zero attached hydrogens (tertiary/aromatic N) is 1. The summed E-state index contributed by atoms with van der Waals surface area (Å²) in [5, 5.41) is 15.2. The Balaban J connectivity index is 2.66. The van der Waals surface area contributed by atoms with Crippen molar-refractivity contribution >= 4 is 23.3 Å². The van der Waals surface area contributed by atoms with Crippen LogP contribution in [0.5, 0.6) is 0 Å². The maximum absolute atomic E-state index is 11.9. The second-order valence-electron chi connectivity index (χ2n) is 4.88. The minimum atomic E-state index is -0.617. The van der Waals surface area contributed by atoms with Crippen LogP contribution in [-0.4, -0.2) is 28.3 Å². The largest absolute Gasteiger partial charge is 0.394 e. The quantitative estimate of drug-likeness (QED) is 0.728. The van der Waals surface area contributed by atoms with Gasteiger partial charge in [0.15, 0.2) is 0 Å². The number of halogens is 1. The van der Waals surface area contributed by atoms with Gasteiger partial charge in [-0.25, -0.2) is 9.78 Å². The van der Waals surface area contributed by atoms with Crippen LogP contribution in [0.25, 0.3) is 0 Å². The number of amides is 2. The second kappa shape index (κ2) is 6.73. The Bertz CT molecular complexity index is 454. The Morgan fingerprint density at radius 3 is 2.79 bits per heavy atom. The van der Waals surface area contributed by atoms with Crippen LogP contribution in [0.3, 0.4) is 0 Å². The zero-order valence-electron chi connectivity index (χ0n) is 11.5. The van der Waals surface area contributed by atoms with Crippen molar-refractivity contribution in [1.82, 2.24) is 10.3 Å². The fraction of sp³-hybridized carbons (Fsp3) is 0.538. The number of hydrogen-bond acceptors (Lipinski definition) is 3. The van der Waals surface area contributed by atoms with Crippen LogP contribution >= 0.6 is 11.6 Å². The molecule has 0 saturated heterocycles. The zero-order chi connectivity index (χ0) is 14.5. The molecule has 0 spiro atoms. The monoisotopic (exact) mass is 285 g/mol. The number of nitrogens with one attached hydrogen (secondary N) is 2. The summed E-state index contributed by atoms with van der Waals surface area (Å²) < 4.78 is 0. The van der Waals surface area contributed by atoms with E-state index in [0.717, 1.165) is 12.0 Å². The molecule has 2 amide bonds. The lowest BCUT2D eigenvalue weighted by molar-refractivity contribution is 0.167. The molecule has 3 N–H and O–H groups in total. The molecule has 1 unspecified atom stereocenters. The Morgan fingerprint density at radius 1 is 1.58 bits per heavy atom. The molecule has 0 radical (unpaired) electrons. The number of rotatable bonds is 5. The normalized spacial score (nSPS) is 13.7. The van der Waals surface area contributed by atoms with Crippen LogP contribution in [0.4, 0.5) is 10.5 Å².